The Balaban J connectivity index is 1.83. The van der Waals surface area contributed by atoms with Crippen LogP contribution in [0.2, 0.25) is 5.02 Å². The Morgan fingerprint density at radius 2 is 1.76 bits per heavy atom. The minimum absolute atomic E-state index is 0.225. The number of para-hydroxylation sites is 1. The Hall–Kier alpha value is -1.70. The third-order valence-corrected chi connectivity index (χ3v) is 6.95. The zero-order chi connectivity index (χ0) is 21.4. The number of anilines is 1. The lowest BCUT2D eigenvalue weighted by molar-refractivity contribution is -0.119. The fraction of sp³-hybridized carbons (Fsp3) is 0.381. The second kappa shape index (κ2) is 10.9. The van der Waals surface area contributed by atoms with Gasteiger partial charge in [0.1, 0.15) is 6.54 Å². The molecule has 0 aliphatic heterocycles. The van der Waals surface area contributed by atoms with E-state index in [1.807, 2.05) is 56.3 Å². The zero-order valence-electron chi connectivity index (χ0n) is 16.9. The van der Waals surface area contributed by atoms with Crippen LogP contribution in [0.4, 0.5) is 5.69 Å². The highest BCUT2D eigenvalue weighted by Gasteiger charge is 2.23. The maximum Gasteiger partial charge on any atom is 0.240 e. The van der Waals surface area contributed by atoms with E-state index in [0.717, 1.165) is 45.9 Å². The van der Waals surface area contributed by atoms with Crippen molar-refractivity contribution in [3.05, 3.63) is 64.2 Å². The van der Waals surface area contributed by atoms with Crippen molar-refractivity contribution in [1.29, 1.82) is 0 Å². The van der Waals surface area contributed by atoms with Crippen LogP contribution in [0.3, 0.4) is 0 Å². The molecule has 29 heavy (non-hydrogen) atoms. The van der Waals surface area contributed by atoms with Crippen LogP contribution in [-0.4, -0.2) is 39.4 Å². The summed E-state index contributed by atoms with van der Waals surface area (Å²) in [6.45, 7) is 3.96. The minimum atomic E-state index is -3.58. The molecule has 0 fully saturated rings. The van der Waals surface area contributed by atoms with E-state index < -0.39 is 10.0 Å². The van der Waals surface area contributed by atoms with Gasteiger partial charge in [-0.2, -0.15) is 11.8 Å². The van der Waals surface area contributed by atoms with E-state index >= 15 is 0 Å². The fourth-order valence-electron chi connectivity index (χ4n) is 2.95. The number of carbonyl (C=O) groups is 1. The van der Waals surface area contributed by atoms with Crippen LogP contribution in [0.5, 0.6) is 0 Å². The van der Waals surface area contributed by atoms with Gasteiger partial charge in [0.25, 0.3) is 0 Å². The summed E-state index contributed by atoms with van der Waals surface area (Å²) in [7, 11) is -3.58. The molecule has 8 heteroatoms. The summed E-state index contributed by atoms with van der Waals surface area (Å²) in [6, 6.07) is 13.3. The van der Waals surface area contributed by atoms with Gasteiger partial charge in [0, 0.05) is 17.3 Å². The number of carbonyl (C=O) groups excluding carboxylic acids is 1. The Morgan fingerprint density at radius 1 is 1.10 bits per heavy atom. The van der Waals surface area contributed by atoms with Crippen molar-refractivity contribution in [3.8, 4) is 0 Å². The van der Waals surface area contributed by atoms with E-state index in [2.05, 4.69) is 5.32 Å². The number of aryl methyl sites for hydroxylation is 2. The van der Waals surface area contributed by atoms with Crippen molar-refractivity contribution >= 4 is 45.0 Å². The molecule has 2 aromatic carbocycles. The number of thioether (sulfide) groups is 1. The zero-order valence-corrected chi connectivity index (χ0v) is 19.3. The number of halogens is 1. The number of amides is 1. The van der Waals surface area contributed by atoms with Gasteiger partial charge < -0.3 is 5.32 Å². The molecule has 0 atom stereocenters. The van der Waals surface area contributed by atoms with Crippen LogP contribution < -0.4 is 9.62 Å². The Morgan fingerprint density at radius 3 is 2.38 bits per heavy atom. The lowest BCUT2D eigenvalue weighted by atomic mass is 10.1. The molecule has 1 N–H and O–H groups in total. The van der Waals surface area contributed by atoms with Gasteiger partial charge in [0.15, 0.2) is 0 Å². The van der Waals surface area contributed by atoms with Gasteiger partial charge in [0.2, 0.25) is 15.9 Å². The molecule has 0 aliphatic carbocycles. The van der Waals surface area contributed by atoms with Crippen molar-refractivity contribution in [1.82, 2.24) is 5.32 Å². The Bertz CT molecular complexity index is 928. The summed E-state index contributed by atoms with van der Waals surface area (Å²) in [5.41, 5.74) is 3.31. The van der Waals surface area contributed by atoms with E-state index in [4.69, 9.17) is 11.6 Å². The maximum atomic E-state index is 12.4. The number of rotatable bonds is 10. The van der Waals surface area contributed by atoms with Gasteiger partial charge in [-0.05, 0) is 48.8 Å². The highest BCUT2D eigenvalue weighted by molar-refractivity contribution is 7.98. The van der Waals surface area contributed by atoms with E-state index in [1.54, 1.807) is 11.8 Å². The van der Waals surface area contributed by atoms with Crippen LogP contribution in [0, 0.1) is 13.8 Å². The van der Waals surface area contributed by atoms with Gasteiger partial charge in [-0.25, -0.2) is 8.42 Å². The topological polar surface area (TPSA) is 66.5 Å². The first-order valence-electron chi connectivity index (χ1n) is 9.32. The van der Waals surface area contributed by atoms with E-state index in [1.165, 1.54) is 4.31 Å². The van der Waals surface area contributed by atoms with Crippen molar-refractivity contribution in [2.75, 3.05) is 29.4 Å². The molecule has 158 valence electrons. The molecule has 0 saturated carbocycles. The highest BCUT2D eigenvalue weighted by Crippen LogP contribution is 2.26. The molecule has 2 rings (SSSR count). The quantitative estimate of drug-likeness (QED) is 0.547. The molecular formula is C21H27ClN2O3S2. The third-order valence-electron chi connectivity index (χ3n) is 4.38. The molecule has 0 radical (unpaired) electrons. The second-order valence-corrected chi connectivity index (χ2v) is 10.3. The minimum Gasteiger partial charge on any atom is -0.354 e. The van der Waals surface area contributed by atoms with Crippen molar-refractivity contribution < 1.29 is 13.2 Å². The fourth-order valence-corrected chi connectivity index (χ4v) is 5.16. The van der Waals surface area contributed by atoms with Crippen molar-refractivity contribution in [3.63, 3.8) is 0 Å². The summed E-state index contributed by atoms with van der Waals surface area (Å²) in [6.07, 6.45) is 1.92. The molecule has 5 nitrogen and oxygen atoms in total. The van der Waals surface area contributed by atoms with Gasteiger partial charge in [0.05, 0.1) is 11.9 Å². The Kier molecular flexibility index (Phi) is 8.86. The average molecular weight is 455 g/mol. The van der Waals surface area contributed by atoms with Crippen LogP contribution in [-0.2, 0) is 20.6 Å². The largest absolute Gasteiger partial charge is 0.354 e. The summed E-state index contributed by atoms with van der Waals surface area (Å²) in [4.78, 5) is 12.4. The third kappa shape index (κ3) is 7.24. The summed E-state index contributed by atoms with van der Waals surface area (Å²) < 4.78 is 25.7. The monoisotopic (exact) mass is 454 g/mol. The second-order valence-electron chi connectivity index (χ2n) is 6.86. The van der Waals surface area contributed by atoms with Crippen molar-refractivity contribution in [2.24, 2.45) is 0 Å². The molecule has 1 amide bonds. The summed E-state index contributed by atoms with van der Waals surface area (Å²) in [5.74, 6) is 1.38. The lowest BCUT2D eigenvalue weighted by Crippen LogP contribution is -2.41. The molecule has 0 saturated heterocycles. The molecule has 0 aliphatic rings. The number of nitrogens with one attached hydrogen (secondary N) is 1. The normalized spacial score (nSPS) is 11.3. The van der Waals surface area contributed by atoms with E-state index in [0.29, 0.717) is 12.2 Å². The SMILES string of the molecule is Cc1cccc(C)c1N(CC(=O)NCCCSCc1ccccc1Cl)S(C)(=O)=O. The van der Waals surface area contributed by atoms with E-state index in [-0.39, 0.29) is 12.5 Å². The molecule has 0 heterocycles. The van der Waals surface area contributed by atoms with Crippen LogP contribution in [0.25, 0.3) is 0 Å². The van der Waals surface area contributed by atoms with Crippen molar-refractivity contribution in [2.45, 2.75) is 26.0 Å². The molecular weight excluding hydrogens is 428 g/mol. The predicted molar refractivity (Wildman–Crippen MR) is 123 cm³/mol. The number of hydrogen-bond acceptors (Lipinski definition) is 4. The Labute approximate surface area is 182 Å². The number of hydrogen-bond donors (Lipinski definition) is 1. The van der Waals surface area contributed by atoms with Gasteiger partial charge in [-0.3, -0.25) is 9.10 Å². The first kappa shape index (κ1) is 23.6. The standard InChI is InChI=1S/C21H27ClN2O3S2/c1-16-8-6-9-17(2)21(16)24(29(3,26)27)14-20(25)23-12-7-13-28-15-18-10-4-5-11-19(18)22/h4-6,8-11H,7,12-15H2,1-3H3,(H,23,25). The average Bonchev–Trinajstić information content (AvgIpc) is 2.64. The summed E-state index contributed by atoms with van der Waals surface area (Å²) in [5, 5.41) is 3.58. The summed E-state index contributed by atoms with van der Waals surface area (Å²) >= 11 is 7.89. The smallest absolute Gasteiger partial charge is 0.240 e. The predicted octanol–water partition coefficient (Wildman–Crippen LogP) is 4.16. The van der Waals surface area contributed by atoms with Gasteiger partial charge >= 0.3 is 0 Å². The molecule has 2 aromatic rings. The van der Waals surface area contributed by atoms with Gasteiger partial charge in [-0.1, -0.05) is 48.0 Å². The van der Waals surface area contributed by atoms with Crippen LogP contribution >= 0.6 is 23.4 Å². The first-order valence-corrected chi connectivity index (χ1v) is 12.7. The lowest BCUT2D eigenvalue weighted by Gasteiger charge is -2.25. The van der Waals surface area contributed by atoms with Gasteiger partial charge in [-0.15, -0.1) is 0 Å². The molecule has 0 unspecified atom stereocenters. The molecule has 0 spiro atoms. The first-order chi connectivity index (χ1) is 13.7. The number of nitrogens with zero attached hydrogens (tertiary/aromatic N) is 1. The number of sulfonamides is 1. The maximum absolute atomic E-state index is 12.4. The highest BCUT2D eigenvalue weighted by atomic mass is 35.5. The number of benzene rings is 2. The van der Waals surface area contributed by atoms with E-state index in [9.17, 15) is 13.2 Å². The van der Waals surface area contributed by atoms with Crippen LogP contribution in [0.1, 0.15) is 23.1 Å². The van der Waals surface area contributed by atoms with Crippen LogP contribution in [0.15, 0.2) is 42.5 Å². The molecule has 0 aromatic heterocycles. The molecule has 0 bridgehead atoms.